The number of hydrogen-bond acceptors (Lipinski definition) is 6. The third-order valence-corrected chi connectivity index (χ3v) is 7.36. The summed E-state index contributed by atoms with van der Waals surface area (Å²) in [7, 11) is 1.59. The Balaban J connectivity index is 1.23. The molecule has 6 rings (SSSR count). The molecule has 0 atom stereocenters. The summed E-state index contributed by atoms with van der Waals surface area (Å²) in [5, 5.41) is 10.8. The highest BCUT2D eigenvalue weighted by Crippen LogP contribution is 2.29. The molecule has 0 fully saturated rings. The molecule has 0 bridgehead atoms. The Morgan fingerprint density at radius 1 is 1.05 bits per heavy atom. The van der Waals surface area contributed by atoms with Crippen LogP contribution in [0.2, 0.25) is 5.02 Å². The highest BCUT2D eigenvalue weighted by atomic mass is 35.5. The van der Waals surface area contributed by atoms with E-state index >= 15 is 4.39 Å². The third kappa shape index (κ3) is 5.44. The number of aromatic nitrogens is 3. The van der Waals surface area contributed by atoms with Crippen molar-refractivity contribution in [2.24, 2.45) is 0 Å². The molecule has 0 spiro atoms. The monoisotopic (exact) mass is 585 g/mol. The van der Waals surface area contributed by atoms with Crippen LogP contribution in [-0.4, -0.2) is 39.3 Å². The molecule has 0 radical (unpaired) electrons. The molecule has 0 aliphatic carbocycles. The smallest absolute Gasteiger partial charge is 0.335 e. The van der Waals surface area contributed by atoms with Gasteiger partial charge in [0.05, 0.1) is 40.2 Å². The molecule has 6 aromatic rings. The second-order valence-corrected chi connectivity index (χ2v) is 10.1. The molecule has 0 amide bonds. The van der Waals surface area contributed by atoms with Crippen LogP contribution in [0.1, 0.15) is 27.3 Å². The molecule has 0 saturated carbocycles. The molecular weight excluding hydrogens is 561 g/mol. The third-order valence-electron chi connectivity index (χ3n) is 7.03. The van der Waals surface area contributed by atoms with E-state index in [-0.39, 0.29) is 18.6 Å². The highest BCUT2D eigenvalue weighted by Gasteiger charge is 2.16. The van der Waals surface area contributed by atoms with E-state index in [4.69, 9.17) is 25.5 Å². The predicted octanol–water partition coefficient (Wildman–Crippen LogP) is 7.15. The van der Waals surface area contributed by atoms with Crippen molar-refractivity contribution in [2.45, 2.75) is 19.6 Å². The normalized spacial score (nSPS) is 11.4. The Kier molecular flexibility index (Phi) is 7.60. The Labute approximate surface area is 244 Å². The molecule has 3 heterocycles. The fraction of sp³-hybridized carbons (Fsp3) is 0.156. The number of halogens is 2. The molecule has 8 nitrogen and oxygen atoms in total. The Bertz CT molecular complexity index is 1930. The second-order valence-electron chi connectivity index (χ2n) is 9.68. The van der Waals surface area contributed by atoms with Crippen molar-refractivity contribution in [3.05, 3.63) is 112 Å². The number of fused-ring (bicyclic) bond motifs is 2. The summed E-state index contributed by atoms with van der Waals surface area (Å²) >= 11 is 6.23. The summed E-state index contributed by atoms with van der Waals surface area (Å²) in [5.41, 5.74) is 4.55. The lowest BCUT2D eigenvalue weighted by molar-refractivity contribution is 0.0697. The van der Waals surface area contributed by atoms with Gasteiger partial charge in [0.25, 0.3) is 0 Å². The van der Waals surface area contributed by atoms with Crippen LogP contribution in [-0.2, 0) is 24.3 Å². The zero-order valence-electron chi connectivity index (χ0n) is 22.5. The van der Waals surface area contributed by atoms with Gasteiger partial charge in [0.2, 0.25) is 5.88 Å². The van der Waals surface area contributed by atoms with Gasteiger partial charge >= 0.3 is 5.97 Å². The van der Waals surface area contributed by atoms with Crippen molar-refractivity contribution in [1.29, 1.82) is 0 Å². The van der Waals surface area contributed by atoms with Crippen LogP contribution in [0.25, 0.3) is 33.3 Å². The maximum Gasteiger partial charge on any atom is 0.335 e. The fourth-order valence-corrected chi connectivity index (χ4v) is 5.11. The molecule has 212 valence electrons. The number of imidazole rings is 1. The minimum atomic E-state index is -1.03. The number of carbonyl (C=O) groups is 1. The van der Waals surface area contributed by atoms with Crippen LogP contribution < -0.4 is 4.74 Å². The lowest BCUT2D eigenvalue weighted by Gasteiger charge is -2.11. The number of carboxylic acids is 1. The molecule has 10 heteroatoms. The summed E-state index contributed by atoms with van der Waals surface area (Å²) in [4.78, 5) is 20.7. The zero-order chi connectivity index (χ0) is 29.2. The first-order valence-corrected chi connectivity index (χ1v) is 13.5. The lowest BCUT2D eigenvalue weighted by atomic mass is 10.1. The Morgan fingerprint density at radius 2 is 1.90 bits per heavy atom. The van der Waals surface area contributed by atoms with E-state index in [0.717, 1.165) is 10.9 Å². The average Bonchev–Trinajstić information content (AvgIpc) is 3.62. The van der Waals surface area contributed by atoms with Crippen LogP contribution in [0.4, 0.5) is 4.39 Å². The quantitative estimate of drug-likeness (QED) is 0.182. The van der Waals surface area contributed by atoms with Gasteiger partial charge in [0.15, 0.2) is 0 Å². The van der Waals surface area contributed by atoms with E-state index in [0.29, 0.717) is 63.3 Å². The number of aromatic carboxylic acids is 1. The molecule has 3 aromatic carbocycles. The van der Waals surface area contributed by atoms with Crippen LogP contribution in [0.3, 0.4) is 0 Å². The summed E-state index contributed by atoms with van der Waals surface area (Å²) in [6.45, 7) is 1.07. The molecule has 42 heavy (non-hydrogen) atoms. The van der Waals surface area contributed by atoms with E-state index in [2.05, 4.69) is 9.97 Å². The summed E-state index contributed by atoms with van der Waals surface area (Å²) in [6, 6.07) is 20.5. The van der Waals surface area contributed by atoms with Gasteiger partial charge in [-0.25, -0.2) is 19.2 Å². The molecule has 3 aromatic heterocycles. The SMILES string of the molecule is COCCn1c(Cc2ccc(-c3cccc(OCc4ccc(Cl)c5ccoc45)n3)cc2F)nc2ccc(C(=O)O)cc21. The van der Waals surface area contributed by atoms with E-state index < -0.39 is 11.8 Å². The number of rotatable bonds is 10. The first-order valence-electron chi connectivity index (χ1n) is 13.2. The van der Waals surface area contributed by atoms with Gasteiger partial charge in [-0.1, -0.05) is 35.9 Å². The highest BCUT2D eigenvalue weighted by molar-refractivity contribution is 6.35. The van der Waals surface area contributed by atoms with Crippen molar-refractivity contribution in [3.63, 3.8) is 0 Å². The van der Waals surface area contributed by atoms with Crippen molar-refractivity contribution in [3.8, 4) is 17.1 Å². The minimum Gasteiger partial charge on any atom is -0.478 e. The number of furan rings is 1. The molecule has 0 saturated heterocycles. The van der Waals surface area contributed by atoms with Crippen LogP contribution in [0.15, 0.2) is 83.5 Å². The van der Waals surface area contributed by atoms with Crippen molar-refractivity contribution in [1.82, 2.24) is 14.5 Å². The van der Waals surface area contributed by atoms with Crippen LogP contribution >= 0.6 is 11.6 Å². The Morgan fingerprint density at radius 3 is 2.71 bits per heavy atom. The number of hydrogen-bond donors (Lipinski definition) is 1. The molecule has 0 aliphatic rings. The number of ether oxygens (including phenoxy) is 2. The lowest BCUT2D eigenvalue weighted by Crippen LogP contribution is -2.10. The first kappa shape index (κ1) is 27.4. The van der Waals surface area contributed by atoms with E-state index in [1.807, 2.05) is 16.7 Å². The standard InChI is InChI=1S/C32H25ClFN3O5/c1-40-14-12-37-28-16-21(32(38)39)8-10-27(28)35-29(37)17-19-5-6-20(15-25(19)34)26-3-2-4-30(36-26)42-18-22-7-9-24(33)23-11-13-41-31(22)23/h2-11,13,15-16H,12,14,17-18H2,1H3,(H,38,39). The first-order chi connectivity index (χ1) is 20.4. The summed E-state index contributed by atoms with van der Waals surface area (Å²) in [6.07, 6.45) is 1.80. The summed E-state index contributed by atoms with van der Waals surface area (Å²) < 4.78 is 34.1. The van der Waals surface area contributed by atoms with Crippen LogP contribution in [0.5, 0.6) is 5.88 Å². The Hall–Kier alpha value is -4.73. The number of methoxy groups -OCH3 is 1. The van der Waals surface area contributed by atoms with Crippen LogP contribution in [0, 0.1) is 5.82 Å². The van der Waals surface area contributed by atoms with Gasteiger partial charge in [-0.15, -0.1) is 0 Å². The molecule has 0 unspecified atom stereocenters. The fourth-order valence-electron chi connectivity index (χ4n) is 4.90. The van der Waals surface area contributed by atoms with Gasteiger partial charge in [-0.05, 0) is 48.0 Å². The molecular formula is C32H25ClFN3O5. The zero-order valence-corrected chi connectivity index (χ0v) is 23.3. The molecule has 0 aliphatic heterocycles. The van der Waals surface area contributed by atoms with Crippen molar-refractivity contribution < 1.29 is 28.2 Å². The predicted molar refractivity (Wildman–Crippen MR) is 157 cm³/mol. The minimum absolute atomic E-state index is 0.157. The van der Waals surface area contributed by atoms with Gasteiger partial charge in [0, 0.05) is 42.7 Å². The number of carboxylic acid groups (broad SMARTS) is 1. The van der Waals surface area contributed by atoms with Crippen molar-refractivity contribution >= 4 is 39.6 Å². The van der Waals surface area contributed by atoms with E-state index in [1.165, 1.54) is 12.1 Å². The van der Waals surface area contributed by atoms with Gasteiger partial charge < -0.3 is 23.6 Å². The average molecular weight is 586 g/mol. The topological polar surface area (TPSA) is 99.6 Å². The second kappa shape index (κ2) is 11.6. The van der Waals surface area contributed by atoms with Gasteiger partial charge in [-0.3, -0.25) is 0 Å². The maximum absolute atomic E-state index is 15.4. The van der Waals surface area contributed by atoms with Gasteiger partial charge in [-0.2, -0.15) is 0 Å². The maximum atomic E-state index is 15.4. The molecule has 1 N–H and O–H groups in total. The number of pyridine rings is 1. The van der Waals surface area contributed by atoms with E-state index in [9.17, 15) is 9.90 Å². The number of benzene rings is 3. The largest absolute Gasteiger partial charge is 0.478 e. The van der Waals surface area contributed by atoms with E-state index in [1.54, 1.807) is 61.9 Å². The summed E-state index contributed by atoms with van der Waals surface area (Å²) in [5.74, 6) is -0.433. The van der Waals surface area contributed by atoms with Gasteiger partial charge in [0.1, 0.15) is 23.8 Å². The van der Waals surface area contributed by atoms with Crippen molar-refractivity contribution in [2.75, 3.05) is 13.7 Å². The number of nitrogens with zero attached hydrogens (tertiary/aromatic N) is 3.